The van der Waals surface area contributed by atoms with Gasteiger partial charge in [-0.25, -0.2) is 0 Å². The van der Waals surface area contributed by atoms with Gasteiger partial charge in [-0.3, -0.25) is 4.79 Å². The van der Waals surface area contributed by atoms with E-state index in [1.165, 1.54) is 19.3 Å². The molecule has 0 aromatic heterocycles. The third kappa shape index (κ3) is 12.1. The topological polar surface area (TPSA) is 53.2 Å². The fourth-order valence-electron chi connectivity index (χ4n) is 1.98. The Bertz CT molecular complexity index is 331. The molecule has 3 N–H and O–H groups in total. The van der Waals surface area contributed by atoms with Crippen LogP contribution in [0.2, 0.25) is 0 Å². The van der Waals surface area contributed by atoms with Crippen molar-refractivity contribution in [3.05, 3.63) is 36.0 Å². The summed E-state index contributed by atoms with van der Waals surface area (Å²) in [5, 5.41) is 9.04. The van der Waals surface area contributed by atoms with Gasteiger partial charge in [-0.15, -0.1) is 0 Å². The second kappa shape index (κ2) is 15.0. The minimum atomic E-state index is 0.615. The highest BCUT2D eigenvalue weighted by Gasteiger charge is 2.00. The molecule has 0 saturated heterocycles. The van der Waals surface area contributed by atoms with Crippen molar-refractivity contribution >= 4 is 6.41 Å². The fraction of sp³-hybridized carbons (Fsp3) is 0.588. The van der Waals surface area contributed by atoms with Gasteiger partial charge in [0.1, 0.15) is 0 Å². The van der Waals surface area contributed by atoms with Crippen LogP contribution in [0.1, 0.15) is 32.6 Å². The monoisotopic (exact) mass is 293 g/mol. The van der Waals surface area contributed by atoms with E-state index in [0.717, 1.165) is 18.5 Å². The maximum Gasteiger partial charge on any atom is 0.207 e. The van der Waals surface area contributed by atoms with Crippen LogP contribution in [0, 0.1) is 0 Å². The first-order valence-corrected chi connectivity index (χ1v) is 7.79. The van der Waals surface area contributed by atoms with Crippen LogP contribution in [0.25, 0.3) is 0 Å². The van der Waals surface area contributed by atoms with E-state index in [-0.39, 0.29) is 0 Å². The zero-order valence-electron chi connectivity index (χ0n) is 13.7. The SMILES string of the molecule is CCC(CCCNC)NC.O=CNCC1=CC=CCC=C1. The molecule has 0 aromatic rings. The van der Waals surface area contributed by atoms with Gasteiger partial charge in [0.05, 0.1) is 0 Å². The first kappa shape index (κ1) is 19.6. The van der Waals surface area contributed by atoms with E-state index >= 15 is 0 Å². The quantitative estimate of drug-likeness (QED) is 0.451. The lowest BCUT2D eigenvalue weighted by atomic mass is 10.1. The maximum atomic E-state index is 9.95. The Morgan fingerprint density at radius 1 is 1.33 bits per heavy atom. The molecule has 4 heteroatoms. The molecule has 1 unspecified atom stereocenters. The van der Waals surface area contributed by atoms with Gasteiger partial charge in [0.15, 0.2) is 0 Å². The summed E-state index contributed by atoms with van der Waals surface area (Å²) in [5.41, 5.74) is 1.13. The summed E-state index contributed by atoms with van der Waals surface area (Å²) in [4.78, 5) is 9.95. The van der Waals surface area contributed by atoms with Gasteiger partial charge >= 0.3 is 0 Å². The van der Waals surface area contributed by atoms with Gasteiger partial charge in [-0.1, -0.05) is 37.3 Å². The van der Waals surface area contributed by atoms with E-state index in [9.17, 15) is 4.79 Å². The van der Waals surface area contributed by atoms with Crippen LogP contribution in [0.3, 0.4) is 0 Å². The molecule has 0 spiro atoms. The molecule has 0 aromatic carbocycles. The first-order chi connectivity index (χ1) is 10.3. The second-order valence-corrected chi connectivity index (χ2v) is 4.95. The summed E-state index contributed by atoms with van der Waals surface area (Å²) in [6, 6.07) is 0.716. The molecule has 21 heavy (non-hydrogen) atoms. The third-order valence-electron chi connectivity index (χ3n) is 3.32. The van der Waals surface area contributed by atoms with Gasteiger partial charge < -0.3 is 16.0 Å². The summed E-state index contributed by atoms with van der Waals surface area (Å²) >= 11 is 0. The van der Waals surface area contributed by atoms with E-state index < -0.39 is 0 Å². The van der Waals surface area contributed by atoms with Crippen molar-refractivity contribution < 1.29 is 4.79 Å². The zero-order chi connectivity index (χ0) is 15.8. The lowest BCUT2D eigenvalue weighted by molar-refractivity contribution is -0.109. The van der Waals surface area contributed by atoms with Crippen LogP contribution in [0.4, 0.5) is 0 Å². The van der Waals surface area contributed by atoms with Gasteiger partial charge in [0.2, 0.25) is 6.41 Å². The van der Waals surface area contributed by atoms with Gasteiger partial charge in [-0.05, 0) is 51.9 Å². The van der Waals surface area contributed by atoms with Crippen molar-refractivity contribution in [2.75, 3.05) is 27.2 Å². The predicted molar refractivity (Wildman–Crippen MR) is 91.3 cm³/mol. The highest BCUT2D eigenvalue weighted by molar-refractivity contribution is 5.47. The molecule has 1 rings (SSSR count). The molecule has 4 nitrogen and oxygen atoms in total. The number of amides is 1. The third-order valence-corrected chi connectivity index (χ3v) is 3.32. The predicted octanol–water partition coefficient (Wildman–Crippen LogP) is 2.16. The molecule has 120 valence electrons. The van der Waals surface area contributed by atoms with Crippen molar-refractivity contribution in [2.45, 2.75) is 38.6 Å². The maximum absolute atomic E-state index is 9.95. The van der Waals surface area contributed by atoms with E-state index in [2.05, 4.69) is 35.0 Å². The Balaban J connectivity index is 0.000000384. The highest BCUT2D eigenvalue weighted by atomic mass is 16.1. The van der Waals surface area contributed by atoms with Gasteiger partial charge in [-0.2, -0.15) is 0 Å². The molecule has 1 atom stereocenters. The minimum Gasteiger partial charge on any atom is -0.355 e. The average molecular weight is 293 g/mol. The summed E-state index contributed by atoms with van der Waals surface area (Å²) in [5.74, 6) is 0. The van der Waals surface area contributed by atoms with Gasteiger partial charge in [0.25, 0.3) is 0 Å². The normalized spacial score (nSPS) is 14.5. The molecule has 0 saturated carbocycles. The molecule has 0 heterocycles. The van der Waals surface area contributed by atoms with Crippen LogP contribution < -0.4 is 16.0 Å². The molecule has 0 radical (unpaired) electrons. The molecular weight excluding hydrogens is 262 g/mol. The number of rotatable bonds is 9. The number of nitrogens with one attached hydrogen (secondary N) is 3. The van der Waals surface area contributed by atoms with Crippen molar-refractivity contribution in [3.63, 3.8) is 0 Å². The number of hydrogen-bond acceptors (Lipinski definition) is 3. The standard InChI is InChI=1S/C9H11NO.C8H20N2/c11-8-10-7-9-5-3-1-2-4-6-9;1-4-8(10-3)6-5-7-9-2/h1,3-6,8H,2,7H2,(H,10,11);8-10H,4-7H2,1-3H3. The number of hydrogen-bond donors (Lipinski definition) is 3. The lowest BCUT2D eigenvalue weighted by Crippen LogP contribution is -2.25. The second-order valence-electron chi connectivity index (χ2n) is 4.95. The minimum absolute atomic E-state index is 0.615. The number of carbonyl (C=O) groups excluding carboxylic acids is 1. The van der Waals surface area contributed by atoms with Crippen LogP contribution >= 0.6 is 0 Å². The molecule has 1 amide bonds. The molecule has 0 aliphatic heterocycles. The molecular formula is C17H31N3O. The van der Waals surface area contributed by atoms with E-state index in [4.69, 9.17) is 0 Å². The number of carbonyl (C=O) groups is 1. The summed E-state index contributed by atoms with van der Waals surface area (Å²) in [7, 11) is 4.04. The Hall–Kier alpha value is -1.39. The smallest absolute Gasteiger partial charge is 0.207 e. The fourth-order valence-corrected chi connectivity index (χ4v) is 1.98. The molecule has 0 fully saturated rings. The van der Waals surface area contributed by atoms with Crippen LogP contribution in [-0.4, -0.2) is 39.6 Å². The largest absolute Gasteiger partial charge is 0.355 e. The molecule has 0 bridgehead atoms. The van der Waals surface area contributed by atoms with Crippen molar-refractivity contribution in [1.82, 2.24) is 16.0 Å². The van der Waals surface area contributed by atoms with E-state index in [1.807, 2.05) is 32.3 Å². The van der Waals surface area contributed by atoms with Crippen molar-refractivity contribution in [3.8, 4) is 0 Å². The number of allylic oxidation sites excluding steroid dienone is 4. The van der Waals surface area contributed by atoms with E-state index in [1.54, 1.807) is 0 Å². The first-order valence-electron chi connectivity index (χ1n) is 7.79. The van der Waals surface area contributed by atoms with Gasteiger partial charge in [0, 0.05) is 12.6 Å². The Labute approximate surface area is 129 Å². The van der Waals surface area contributed by atoms with Crippen LogP contribution in [0.5, 0.6) is 0 Å². The molecule has 1 aliphatic rings. The molecule has 1 aliphatic carbocycles. The van der Waals surface area contributed by atoms with Crippen molar-refractivity contribution in [2.24, 2.45) is 0 Å². The average Bonchev–Trinajstić information content (AvgIpc) is 2.79. The Morgan fingerprint density at radius 2 is 2.14 bits per heavy atom. The summed E-state index contributed by atoms with van der Waals surface area (Å²) in [6.07, 6.45) is 15.7. The van der Waals surface area contributed by atoms with E-state index in [0.29, 0.717) is 19.0 Å². The summed E-state index contributed by atoms with van der Waals surface area (Å²) in [6.45, 7) is 3.98. The summed E-state index contributed by atoms with van der Waals surface area (Å²) < 4.78 is 0. The van der Waals surface area contributed by atoms with Crippen LogP contribution in [0.15, 0.2) is 36.0 Å². The highest BCUT2D eigenvalue weighted by Crippen LogP contribution is 2.02. The zero-order valence-corrected chi connectivity index (χ0v) is 13.7. The Kier molecular flexibility index (Phi) is 14.0. The van der Waals surface area contributed by atoms with Crippen LogP contribution in [-0.2, 0) is 4.79 Å². The Morgan fingerprint density at radius 3 is 2.76 bits per heavy atom. The lowest BCUT2D eigenvalue weighted by Gasteiger charge is -2.12. The van der Waals surface area contributed by atoms with Crippen molar-refractivity contribution in [1.29, 1.82) is 0 Å².